The molecule has 3 nitrogen and oxygen atoms in total. The Morgan fingerprint density at radius 1 is 1.20 bits per heavy atom. The van der Waals surface area contributed by atoms with Gasteiger partial charge in [0.05, 0.1) is 6.67 Å². The maximum atomic E-state index is 11.1. The van der Waals surface area contributed by atoms with Crippen molar-refractivity contribution in [3.63, 3.8) is 0 Å². The summed E-state index contributed by atoms with van der Waals surface area (Å²) >= 11 is 0. The number of hydrogen-bond acceptors (Lipinski definition) is 3. The van der Waals surface area contributed by atoms with Crippen molar-refractivity contribution in [2.24, 2.45) is 0 Å². The molecule has 0 atom stereocenters. The average Bonchev–Trinajstić information content (AvgIpc) is 2.65. The second kappa shape index (κ2) is 3.77. The van der Waals surface area contributed by atoms with Gasteiger partial charge in [0.1, 0.15) is 0 Å². The summed E-state index contributed by atoms with van der Waals surface area (Å²) in [5.41, 5.74) is 1.87. The minimum Gasteiger partial charge on any atom is -0.361 e. The summed E-state index contributed by atoms with van der Waals surface area (Å²) in [6.45, 7) is 2.44. The van der Waals surface area contributed by atoms with E-state index in [1.807, 2.05) is 43.7 Å². The number of benzene rings is 1. The number of rotatable bonds is 2. The second-order valence-electron chi connectivity index (χ2n) is 3.77. The molecular formula is C12H14N2O. The second-order valence-corrected chi connectivity index (χ2v) is 3.77. The summed E-state index contributed by atoms with van der Waals surface area (Å²) < 4.78 is 0. The zero-order valence-corrected chi connectivity index (χ0v) is 8.97. The maximum absolute atomic E-state index is 11.1. The largest absolute Gasteiger partial charge is 0.361 e. The summed E-state index contributed by atoms with van der Waals surface area (Å²) in [5.74, 6) is 0.107. The van der Waals surface area contributed by atoms with Crippen molar-refractivity contribution in [2.75, 3.05) is 18.6 Å². The van der Waals surface area contributed by atoms with Crippen molar-refractivity contribution in [1.29, 1.82) is 0 Å². The van der Waals surface area contributed by atoms with E-state index in [0.717, 1.165) is 17.9 Å². The molecule has 0 saturated heterocycles. The van der Waals surface area contributed by atoms with E-state index in [4.69, 9.17) is 0 Å². The van der Waals surface area contributed by atoms with Crippen molar-refractivity contribution in [1.82, 2.24) is 4.90 Å². The van der Waals surface area contributed by atoms with Crippen LogP contribution in [0.2, 0.25) is 0 Å². The highest BCUT2D eigenvalue weighted by Crippen LogP contribution is 2.19. The van der Waals surface area contributed by atoms with Crippen molar-refractivity contribution >= 4 is 11.5 Å². The minimum absolute atomic E-state index is 0.107. The van der Waals surface area contributed by atoms with Crippen LogP contribution in [0.4, 0.5) is 5.69 Å². The molecule has 1 aromatic carbocycles. The molecule has 3 heteroatoms. The molecule has 15 heavy (non-hydrogen) atoms. The molecular weight excluding hydrogens is 188 g/mol. The van der Waals surface area contributed by atoms with Crippen LogP contribution in [0.5, 0.6) is 0 Å². The van der Waals surface area contributed by atoms with E-state index in [1.165, 1.54) is 0 Å². The van der Waals surface area contributed by atoms with E-state index in [2.05, 4.69) is 9.80 Å². The Labute approximate surface area is 89.6 Å². The molecule has 0 amide bonds. The molecule has 0 aromatic heterocycles. The Hall–Kier alpha value is -1.77. The van der Waals surface area contributed by atoms with Crippen molar-refractivity contribution in [2.45, 2.75) is 6.92 Å². The van der Waals surface area contributed by atoms with Crippen LogP contribution >= 0.6 is 0 Å². The van der Waals surface area contributed by atoms with Gasteiger partial charge in [-0.15, -0.1) is 0 Å². The Balaban J connectivity index is 2.17. The number of Topliss-reactive ketones (excluding diaryl/α,β-unsaturated/α-hetero) is 1. The summed E-state index contributed by atoms with van der Waals surface area (Å²) in [4.78, 5) is 15.3. The number of carbonyl (C=O) groups is 1. The first-order valence-electron chi connectivity index (χ1n) is 4.93. The molecule has 0 bridgehead atoms. The molecule has 1 aliphatic rings. The first-order valence-corrected chi connectivity index (χ1v) is 4.93. The molecule has 0 fully saturated rings. The lowest BCUT2D eigenvalue weighted by molar-refractivity contribution is 0.101. The molecule has 2 rings (SSSR count). The third kappa shape index (κ3) is 2.01. The van der Waals surface area contributed by atoms with Gasteiger partial charge >= 0.3 is 0 Å². The monoisotopic (exact) mass is 202 g/mol. The lowest BCUT2D eigenvalue weighted by atomic mass is 10.1. The number of ketones is 1. The molecule has 0 saturated carbocycles. The fourth-order valence-electron chi connectivity index (χ4n) is 1.58. The molecule has 0 aliphatic carbocycles. The quantitative estimate of drug-likeness (QED) is 0.686. The van der Waals surface area contributed by atoms with E-state index < -0.39 is 0 Å². The van der Waals surface area contributed by atoms with E-state index in [-0.39, 0.29) is 5.78 Å². The fourth-order valence-corrected chi connectivity index (χ4v) is 1.58. The van der Waals surface area contributed by atoms with Gasteiger partial charge in [-0.05, 0) is 31.2 Å². The molecule has 1 aromatic rings. The molecule has 0 spiro atoms. The van der Waals surface area contributed by atoms with Crippen LogP contribution in [0, 0.1) is 0 Å². The van der Waals surface area contributed by atoms with Gasteiger partial charge in [-0.2, -0.15) is 0 Å². The van der Waals surface area contributed by atoms with Crippen molar-refractivity contribution < 1.29 is 4.79 Å². The van der Waals surface area contributed by atoms with Crippen LogP contribution < -0.4 is 4.90 Å². The summed E-state index contributed by atoms with van der Waals surface area (Å²) in [7, 11) is 2.03. The lowest BCUT2D eigenvalue weighted by Gasteiger charge is -2.18. The first-order chi connectivity index (χ1) is 7.16. The molecule has 78 valence electrons. The van der Waals surface area contributed by atoms with Gasteiger partial charge in [-0.3, -0.25) is 4.79 Å². The first kappa shape index (κ1) is 9.77. The normalized spacial score (nSPS) is 14.8. The number of anilines is 1. The van der Waals surface area contributed by atoms with Gasteiger partial charge in [-0.1, -0.05) is 0 Å². The SMILES string of the molecule is CC(=O)c1ccc(N2C=CN(C)C2)cc1. The van der Waals surface area contributed by atoms with Crippen LogP contribution in [-0.4, -0.2) is 24.4 Å². The maximum Gasteiger partial charge on any atom is 0.159 e. The van der Waals surface area contributed by atoms with Crippen LogP contribution in [0.15, 0.2) is 36.7 Å². The Kier molecular flexibility index (Phi) is 2.46. The minimum atomic E-state index is 0.107. The van der Waals surface area contributed by atoms with E-state index in [0.29, 0.717) is 0 Å². The Morgan fingerprint density at radius 2 is 1.87 bits per heavy atom. The van der Waals surface area contributed by atoms with Gasteiger partial charge in [-0.25, -0.2) is 0 Å². The van der Waals surface area contributed by atoms with Crippen LogP contribution in [0.3, 0.4) is 0 Å². The molecule has 1 heterocycles. The lowest BCUT2D eigenvalue weighted by Crippen LogP contribution is -2.21. The summed E-state index contributed by atoms with van der Waals surface area (Å²) in [6.07, 6.45) is 4.06. The third-order valence-electron chi connectivity index (χ3n) is 2.48. The highest BCUT2D eigenvalue weighted by molar-refractivity contribution is 5.94. The number of carbonyl (C=O) groups excluding carboxylic acids is 1. The molecule has 1 aliphatic heterocycles. The number of nitrogens with zero attached hydrogens (tertiary/aromatic N) is 2. The van der Waals surface area contributed by atoms with E-state index in [9.17, 15) is 4.79 Å². The zero-order valence-electron chi connectivity index (χ0n) is 8.97. The van der Waals surface area contributed by atoms with Gasteiger partial charge < -0.3 is 9.80 Å². The standard InChI is InChI=1S/C12H14N2O/c1-10(15)11-3-5-12(6-4-11)14-8-7-13(2)9-14/h3-8H,9H2,1-2H3. The highest BCUT2D eigenvalue weighted by Gasteiger charge is 2.10. The Morgan fingerprint density at radius 3 is 2.33 bits per heavy atom. The molecule has 0 N–H and O–H groups in total. The van der Waals surface area contributed by atoms with Crippen molar-refractivity contribution in [3.8, 4) is 0 Å². The summed E-state index contributed by atoms with van der Waals surface area (Å²) in [5, 5.41) is 0. The van der Waals surface area contributed by atoms with Gasteiger partial charge in [0.2, 0.25) is 0 Å². The number of hydrogen-bond donors (Lipinski definition) is 0. The van der Waals surface area contributed by atoms with Gasteiger partial charge in [0, 0.05) is 30.7 Å². The van der Waals surface area contributed by atoms with Gasteiger partial charge in [0.25, 0.3) is 0 Å². The molecule has 0 unspecified atom stereocenters. The molecule has 0 radical (unpaired) electrons. The van der Waals surface area contributed by atoms with Crippen LogP contribution in [-0.2, 0) is 0 Å². The van der Waals surface area contributed by atoms with E-state index >= 15 is 0 Å². The van der Waals surface area contributed by atoms with Crippen LogP contribution in [0.25, 0.3) is 0 Å². The predicted molar refractivity (Wildman–Crippen MR) is 60.7 cm³/mol. The topological polar surface area (TPSA) is 23.6 Å². The smallest absolute Gasteiger partial charge is 0.159 e. The van der Waals surface area contributed by atoms with Crippen molar-refractivity contribution in [3.05, 3.63) is 42.2 Å². The third-order valence-corrected chi connectivity index (χ3v) is 2.48. The average molecular weight is 202 g/mol. The summed E-state index contributed by atoms with van der Waals surface area (Å²) in [6, 6.07) is 7.67. The Bertz CT molecular complexity index is 395. The van der Waals surface area contributed by atoms with Crippen LogP contribution in [0.1, 0.15) is 17.3 Å². The highest BCUT2D eigenvalue weighted by atomic mass is 16.1. The van der Waals surface area contributed by atoms with Gasteiger partial charge in [0.15, 0.2) is 5.78 Å². The zero-order chi connectivity index (χ0) is 10.8. The predicted octanol–water partition coefficient (Wildman–Crippen LogP) is 2.07. The fraction of sp³-hybridized carbons (Fsp3) is 0.250. The van der Waals surface area contributed by atoms with E-state index in [1.54, 1.807) is 6.92 Å².